The number of nitrogens with zero attached hydrogens (tertiary/aromatic N) is 2. The number of hydrogen-bond acceptors (Lipinski definition) is 7. The number of carbonyl (C=O) groups excluding carboxylic acids is 2. The number of nitro benzene ring substituents is 1. The van der Waals surface area contributed by atoms with Crippen LogP contribution in [0.15, 0.2) is 30.3 Å². The molecule has 10 nitrogen and oxygen atoms in total. The second-order valence-corrected chi connectivity index (χ2v) is 7.79. The zero-order valence-corrected chi connectivity index (χ0v) is 19.2. The van der Waals surface area contributed by atoms with Gasteiger partial charge >= 0.3 is 0 Å². The highest BCUT2D eigenvalue weighted by Gasteiger charge is 2.36. The predicted molar refractivity (Wildman–Crippen MR) is 121 cm³/mol. The van der Waals surface area contributed by atoms with Crippen LogP contribution in [0.3, 0.4) is 0 Å². The molecule has 0 aliphatic carbocycles. The van der Waals surface area contributed by atoms with E-state index < -0.39 is 10.8 Å². The van der Waals surface area contributed by atoms with Crippen LogP contribution < -0.4 is 24.4 Å². The number of ether oxygens (including phenoxy) is 3. The number of hydrogen-bond donors (Lipinski definition) is 1. The Morgan fingerprint density at radius 2 is 1.82 bits per heavy atom. The van der Waals surface area contributed by atoms with Gasteiger partial charge in [-0.2, -0.15) is 0 Å². The van der Waals surface area contributed by atoms with Crippen molar-refractivity contribution in [1.82, 2.24) is 5.32 Å². The topological polar surface area (TPSA) is 120 Å². The highest BCUT2D eigenvalue weighted by Crippen LogP contribution is 2.36. The van der Waals surface area contributed by atoms with E-state index in [1.165, 1.54) is 38.4 Å². The highest BCUT2D eigenvalue weighted by molar-refractivity contribution is 6.31. The Labute approximate surface area is 195 Å². The van der Waals surface area contributed by atoms with Crippen LogP contribution in [0, 0.1) is 16.0 Å². The van der Waals surface area contributed by atoms with Gasteiger partial charge in [-0.05, 0) is 30.7 Å². The van der Waals surface area contributed by atoms with Crippen molar-refractivity contribution in [1.29, 1.82) is 0 Å². The van der Waals surface area contributed by atoms with Crippen LogP contribution in [-0.4, -0.2) is 51.2 Å². The van der Waals surface area contributed by atoms with Gasteiger partial charge in [0.25, 0.3) is 5.69 Å². The highest BCUT2D eigenvalue weighted by atomic mass is 35.5. The van der Waals surface area contributed by atoms with Gasteiger partial charge in [0.15, 0.2) is 11.5 Å². The van der Waals surface area contributed by atoms with Gasteiger partial charge in [0, 0.05) is 30.1 Å². The summed E-state index contributed by atoms with van der Waals surface area (Å²) in [6.07, 6.45) is 0.243. The summed E-state index contributed by atoms with van der Waals surface area (Å²) in [4.78, 5) is 37.7. The van der Waals surface area contributed by atoms with Crippen LogP contribution in [0.1, 0.15) is 12.0 Å². The van der Waals surface area contributed by atoms with Gasteiger partial charge in [-0.15, -0.1) is 0 Å². The summed E-state index contributed by atoms with van der Waals surface area (Å²) >= 11 is 6.06. The van der Waals surface area contributed by atoms with Crippen LogP contribution in [-0.2, 0) is 16.0 Å². The molecule has 33 heavy (non-hydrogen) atoms. The molecule has 176 valence electrons. The molecular weight excluding hydrogens is 454 g/mol. The van der Waals surface area contributed by atoms with Crippen LogP contribution in [0.4, 0.5) is 11.4 Å². The summed E-state index contributed by atoms with van der Waals surface area (Å²) < 4.78 is 15.6. The predicted octanol–water partition coefficient (Wildman–Crippen LogP) is 2.99. The molecule has 0 unspecified atom stereocenters. The first-order valence-corrected chi connectivity index (χ1v) is 10.5. The van der Waals surface area contributed by atoms with Crippen LogP contribution in [0.2, 0.25) is 5.02 Å². The number of rotatable bonds is 9. The third kappa shape index (κ3) is 5.28. The van der Waals surface area contributed by atoms with Crippen molar-refractivity contribution in [3.63, 3.8) is 0 Å². The van der Waals surface area contributed by atoms with Gasteiger partial charge in [0.2, 0.25) is 11.8 Å². The minimum absolute atomic E-state index is 0.0397. The first kappa shape index (κ1) is 24.1. The van der Waals surface area contributed by atoms with E-state index >= 15 is 0 Å². The standard InChI is InChI=1S/C22H24ClN3O7/c1-31-18-5-4-15(23)10-17(18)25-12-14(9-21(25)27)22(28)24-7-6-13-8-19(32-2)20(33-3)11-16(13)26(29)30/h4-5,8,10-11,14H,6-7,9,12H2,1-3H3,(H,24,28)/t14-/m0/s1. The summed E-state index contributed by atoms with van der Waals surface area (Å²) in [5, 5.41) is 14.7. The van der Waals surface area contributed by atoms with E-state index in [2.05, 4.69) is 5.32 Å². The number of nitro groups is 1. The van der Waals surface area contributed by atoms with E-state index in [9.17, 15) is 19.7 Å². The molecule has 0 saturated carbocycles. The van der Waals surface area contributed by atoms with E-state index in [1.807, 2.05) is 0 Å². The Bertz CT molecular complexity index is 1080. The Morgan fingerprint density at radius 3 is 2.45 bits per heavy atom. The number of benzene rings is 2. The van der Waals surface area contributed by atoms with Crippen molar-refractivity contribution < 1.29 is 28.7 Å². The van der Waals surface area contributed by atoms with E-state index in [0.29, 0.717) is 27.8 Å². The molecular formula is C22H24ClN3O7. The van der Waals surface area contributed by atoms with E-state index in [-0.39, 0.29) is 49.2 Å². The third-order valence-corrected chi connectivity index (χ3v) is 5.64. The largest absolute Gasteiger partial charge is 0.495 e. The average molecular weight is 478 g/mol. The first-order valence-electron chi connectivity index (χ1n) is 10.1. The normalized spacial score (nSPS) is 15.3. The van der Waals surface area contributed by atoms with E-state index in [4.69, 9.17) is 25.8 Å². The molecule has 2 amide bonds. The molecule has 0 aromatic heterocycles. The summed E-state index contributed by atoms with van der Waals surface area (Å²) in [6.45, 7) is 0.332. The number of amides is 2. The van der Waals surface area contributed by atoms with Gasteiger partial charge in [-0.1, -0.05) is 11.6 Å². The van der Waals surface area contributed by atoms with Crippen LogP contribution in [0.25, 0.3) is 0 Å². The lowest BCUT2D eigenvalue weighted by Gasteiger charge is -2.20. The van der Waals surface area contributed by atoms with Gasteiger partial charge in [-0.3, -0.25) is 19.7 Å². The molecule has 1 fully saturated rings. The Balaban J connectivity index is 1.66. The molecule has 1 atom stereocenters. The molecule has 1 saturated heterocycles. The zero-order chi connectivity index (χ0) is 24.1. The second kappa shape index (κ2) is 10.4. The molecule has 0 spiro atoms. The third-order valence-electron chi connectivity index (χ3n) is 5.40. The Morgan fingerprint density at radius 1 is 1.15 bits per heavy atom. The maximum Gasteiger partial charge on any atom is 0.276 e. The van der Waals surface area contributed by atoms with E-state index in [0.717, 1.165) is 0 Å². The summed E-state index contributed by atoms with van der Waals surface area (Å²) in [6, 6.07) is 7.75. The molecule has 2 aromatic rings. The number of carbonyl (C=O) groups is 2. The second-order valence-electron chi connectivity index (χ2n) is 7.36. The molecule has 2 aromatic carbocycles. The zero-order valence-electron chi connectivity index (χ0n) is 18.4. The molecule has 1 aliphatic rings. The van der Waals surface area contributed by atoms with E-state index in [1.54, 1.807) is 18.2 Å². The van der Waals surface area contributed by atoms with Gasteiger partial charge in [0.05, 0.1) is 43.9 Å². The molecule has 1 aliphatic heterocycles. The van der Waals surface area contributed by atoms with Crippen molar-refractivity contribution >= 4 is 34.8 Å². The fourth-order valence-corrected chi connectivity index (χ4v) is 3.90. The van der Waals surface area contributed by atoms with Crippen molar-refractivity contribution in [2.45, 2.75) is 12.8 Å². The van der Waals surface area contributed by atoms with Gasteiger partial charge < -0.3 is 24.4 Å². The molecule has 0 bridgehead atoms. The Kier molecular flexibility index (Phi) is 7.59. The maximum atomic E-state index is 12.7. The monoisotopic (exact) mass is 477 g/mol. The quantitative estimate of drug-likeness (QED) is 0.435. The SMILES string of the molecule is COc1cc(CCNC(=O)[C@H]2CC(=O)N(c3cc(Cl)ccc3OC)C2)c([N+](=O)[O-])cc1OC. The van der Waals surface area contributed by atoms with Crippen molar-refractivity contribution in [3.8, 4) is 17.2 Å². The van der Waals surface area contributed by atoms with Crippen LogP contribution in [0.5, 0.6) is 17.2 Å². The minimum atomic E-state index is -0.568. The van der Waals surface area contributed by atoms with Crippen molar-refractivity contribution in [3.05, 3.63) is 51.0 Å². The molecule has 1 N–H and O–H groups in total. The Hall–Kier alpha value is -3.53. The number of anilines is 1. The molecule has 11 heteroatoms. The molecule has 3 rings (SSSR count). The number of halogens is 1. The lowest BCUT2D eigenvalue weighted by atomic mass is 10.1. The van der Waals surface area contributed by atoms with Crippen molar-refractivity contribution in [2.75, 3.05) is 39.3 Å². The smallest absolute Gasteiger partial charge is 0.276 e. The number of methoxy groups -OCH3 is 3. The minimum Gasteiger partial charge on any atom is -0.495 e. The average Bonchev–Trinajstić information content (AvgIpc) is 3.19. The van der Waals surface area contributed by atoms with Gasteiger partial charge in [-0.25, -0.2) is 0 Å². The first-order chi connectivity index (χ1) is 15.8. The fourth-order valence-electron chi connectivity index (χ4n) is 3.74. The maximum absolute atomic E-state index is 12.7. The number of nitrogens with one attached hydrogen (secondary N) is 1. The van der Waals surface area contributed by atoms with Crippen molar-refractivity contribution in [2.24, 2.45) is 5.92 Å². The molecule has 0 radical (unpaired) electrons. The van der Waals surface area contributed by atoms with Gasteiger partial charge in [0.1, 0.15) is 5.75 Å². The summed E-state index contributed by atoms with van der Waals surface area (Å²) in [5.41, 5.74) is 0.772. The summed E-state index contributed by atoms with van der Waals surface area (Å²) in [7, 11) is 4.32. The summed E-state index contributed by atoms with van der Waals surface area (Å²) in [5.74, 6) is -0.00715. The van der Waals surface area contributed by atoms with Crippen LogP contribution >= 0.6 is 11.6 Å². The molecule has 1 heterocycles. The lowest BCUT2D eigenvalue weighted by molar-refractivity contribution is -0.385. The fraction of sp³-hybridized carbons (Fsp3) is 0.364. The lowest BCUT2D eigenvalue weighted by Crippen LogP contribution is -2.34.